The molecule has 2 rings (SSSR count). The Morgan fingerprint density at radius 2 is 1.12 bits per heavy atom. The van der Waals surface area contributed by atoms with Crippen LogP contribution >= 0.6 is 12.4 Å². The molecule has 0 radical (unpaired) electrons. The number of nitrogens with two attached hydrogens (primary N) is 1. The monoisotopic (exact) mass is 662 g/mol. The summed E-state index contributed by atoms with van der Waals surface area (Å²) in [6.45, 7) is 27.5. The van der Waals surface area contributed by atoms with Gasteiger partial charge in [0.2, 0.25) is 0 Å². The molecule has 0 unspecified atom stereocenters. The van der Waals surface area contributed by atoms with E-state index in [0.29, 0.717) is 32.7 Å². The van der Waals surface area contributed by atoms with Crippen LogP contribution in [0.2, 0.25) is 0 Å². The maximum Gasteiger partial charge on any atom is 0.407 e. The van der Waals surface area contributed by atoms with Crippen molar-refractivity contribution in [2.24, 2.45) is 16.6 Å². The second-order valence-corrected chi connectivity index (χ2v) is 18.4. The third-order valence-corrected chi connectivity index (χ3v) is 11.5. The molecule has 2 saturated heterocycles. The van der Waals surface area contributed by atoms with Gasteiger partial charge in [-0.2, -0.15) is 34.1 Å². The second-order valence-electron chi connectivity index (χ2n) is 14.7. The van der Waals surface area contributed by atoms with Gasteiger partial charge in [0.15, 0.2) is 0 Å². The fourth-order valence-corrected chi connectivity index (χ4v) is 7.88. The fourth-order valence-electron chi connectivity index (χ4n) is 4.28. The highest BCUT2D eigenvalue weighted by Crippen LogP contribution is 2.26. The molecule has 0 saturated carbocycles. The zero-order valence-corrected chi connectivity index (χ0v) is 30.5. The average molecular weight is 663 g/mol. The summed E-state index contributed by atoms with van der Waals surface area (Å²) in [4.78, 5) is 12.1. The lowest BCUT2D eigenvalue weighted by Crippen LogP contribution is -2.52. The molecule has 0 aromatic rings. The number of hydrogen-bond donors (Lipinski definition) is 2. The number of carbonyl (C=O) groups is 1. The van der Waals surface area contributed by atoms with E-state index in [9.17, 15) is 21.6 Å². The van der Waals surface area contributed by atoms with Crippen molar-refractivity contribution < 1.29 is 26.4 Å². The van der Waals surface area contributed by atoms with E-state index in [2.05, 4.69) is 5.32 Å². The molecule has 2 aliphatic rings. The average Bonchev–Trinajstić information content (AvgIpc) is 3.19. The topological polar surface area (TPSA) is 146 Å². The highest BCUT2D eigenvalue weighted by atomic mass is 35.5. The molecule has 0 aliphatic carbocycles. The van der Waals surface area contributed by atoms with Crippen molar-refractivity contribution in [1.29, 1.82) is 0 Å². The number of nitrogens with zero attached hydrogens (tertiary/aromatic N) is 4. The maximum absolute atomic E-state index is 12.6. The van der Waals surface area contributed by atoms with Crippen LogP contribution in [0, 0.1) is 10.8 Å². The minimum Gasteiger partial charge on any atom is -0.444 e. The number of hydrogen-bond acceptors (Lipinski definition) is 7. The van der Waals surface area contributed by atoms with E-state index in [1.165, 1.54) is 17.2 Å². The van der Waals surface area contributed by atoms with E-state index in [1.807, 2.05) is 69.2 Å². The van der Waals surface area contributed by atoms with Gasteiger partial charge in [0.1, 0.15) is 5.60 Å². The van der Waals surface area contributed by atoms with Gasteiger partial charge in [0.05, 0.1) is 6.04 Å². The molecule has 42 heavy (non-hydrogen) atoms. The van der Waals surface area contributed by atoms with Gasteiger partial charge >= 0.3 is 6.09 Å². The lowest BCUT2D eigenvalue weighted by atomic mass is 9.86. The van der Waals surface area contributed by atoms with Crippen LogP contribution < -0.4 is 11.1 Å². The van der Waals surface area contributed by atoms with Crippen LogP contribution in [-0.4, -0.2) is 109 Å². The zero-order chi connectivity index (χ0) is 32.4. The summed E-state index contributed by atoms with van der Waals surface area (Å²) in [5.41, 5.74) is 5.06. The summed E-state index contributed by atoms with van der Waals surface area (Å²) < 4.78 is 60.9. The molecule has 1 amide bonds. The van der Waals surface area contributed by atoms with E-state index < -0.39 is 32.1 Å². The van der Waals surface area contributed by atoms with Gasteiger partial charge in [-0.3, -0.25) is 0 Å². The molecule has 3 N–H and O–H groups in total. The SMILES string of the molecule is CC(C)N1CCN(C[C@@H](N)C(C)(C)C)S1(=O)=O.CC(C)N1CCN(C[C@@H](NC(=O)OC(C)(C)C)C(C)(C)C)S1(=O)=O.Cl. The lowest BCUT2D eigenvalue weighted by Gasteiger charge is -2.34. The third-order valence-electron chi connectivity index (χ3n) is 7.17. The predicted molar refractivity (Wildman–Crippen MR) is 172 cm³/mol. The number of ether oxygens (including phenoxy) is 1. The van der Waals surface area contributed by atoms with Gasteiger partial charge in [0.25, 0.3) is 20.4 Å². The molecule has 2 heterocycles. The molecule has 252 valence electrons. The molecule has 0 bridgehead atoms. The standard InChI is InChI=1S/C16H33N3O4S.C11H25N3O2S.ClH/c1-12(2)19-10-9-18(24(19,21)22)11-13(15(3,4)5)17-14(20)23-16(6,7)8;1-9(2)14-7-6-13(17(14,15)16)8-10(12)11(3,4)5;/h12-13H,9-11H2,1-8H3,(H,17,20);9-10H,6-8,12H2,1-5H3;1H/t13-;10-;/m11./s1. The van der Waals surface area contributed by atoms with Gasteiger partial charge in [-0.25, -0.2) is 4.79 Å². The number of amides is 1. The molecule has 2 fully saturated rings. The first-order valence-electron chi connectivity index (χ1n) is 14.5. The van der Waals surface area contributed by atoms with Crippen LogP contribution in [-0.2, 0) is 25.2 Å². The van der Waals surface area contributed by atoms with Crippen LogP contribution in [0.4, 0.5) is 4.79 Å². The minimum absolute atomic E-state index is 0. The summed E-state index contributed by atoms with van der Waals surface area (Å²) in [6.07, 6.45) is -0.528. The predicted octanol–water partition coefficient (Wildman–Crippen LogP) is 3.25. The van der Waals surface area contributed by atoms with Gasteiger partial charge in [-0.15, -0.1) is 12.4 Å². The lowest BCUT2D eigenvalue weighted by molar-refractivity contribution is 0.0454. The van der Waals surface area contributed by atoms with Crippen LogP contribution in [0.1, 0.15) is 90.0 Å². The Kier molecular flexibility index (Phi) is 14.8. The molecule has 0 aromatic heterocycles. The Bertz CT molecular complexity index is 1080. The number of halogens is 1. The van der Waals surface area contributed by atoms with E-state index in [-0.39, 0.29) is 53.9 Å². The summed E-state index contributed by atoms with van der Waals surface area (Å²) in [5, 5.41) is 2.84. The Morgan fingerprint density at radius 3 is 1.40 bits per heavy atom. The highest BCUT2D eigenvalue weighted by molar-refractivity contribution is 7.87. The van der Waals surface area contributed by atoms with Gasteiger partial charge in [-0.1, -0.05) is 41.5 Å². The summed E-state index contributed by atoms with van der Waals surface area (Å²) >= 11 is 0. The zero-order valence-electron chi connectivity index (χ0n) is 28.1. The van der Waals surface area contributed by atoms with Crippen LogP contribution in [0.3, 0.4) is 0 Å². The number of nitrogens with one attached hydrogen (secondary N) is 1. The first-order chi connectivity index (χ1) is 18.2. The van der Waals surface area contributed by atoms with E-state index in [4.69, 9.17) is 10.5 Å². The van der Waals surface area contributed by atoms with Crippen LogP contribution in [0.5, 0.6) is 0 Å². The smallest absolute Gasteiger partial charge is 0.407 e. The Labute approximate surface area is 262 Å². The largest absolute Gasteiger partial charge is 0.444 e. The van der Waals surface area contributed by atoms with Crippen molar-refractivity contribution >= 4 is 38.9 Å². The van der Waals surface area contributed by atoms with E-state index in [0.717, 1.165) is 0 Å². The highest BCUT2D eigenvalue weighted by Gasteiger charge is 2.42. The minimum atomic E-state index is -3.48. The van der Waals surface area contributed by atoms with Gasteiger partial charge in [0, 0.05) is 57.4 Å². The first kappa shape index (κ1) is 41.3. The maximum atomic E-state index is 12.6. The first-order valence-corrected chi connectivity index (χ1v) is 17.3. The number of alkyl carbamates (subject to hydrolysis) is 1. The normalized spacial score (nSPS) is 21.9. The van der Waals surface area contributed by atoms with Crippen molar-refractivity contribution in [2.75, 3.05) is 39.3 Å². The number of carbonyl (C=O) groups excluding carboxylic acids is 1. The fraction of sp³-hybridized carbons (Fsp3) is 0.963. The molecular formula is C27H59ClN6O6S2. The quantitative estimate of drug-likeness (QED) is 0.426. The molecule has 2 aliphatic heterocycles. The molecule has 2 atom stereocenters. The van der Waals surface area contributed by atoms with E-state index in [1.54, 1.807) is 20.8 Å². The molecule has 0 spiro atoms. The van der Waals surface area contributed by atoms with Gasteiger partial charge in [-0.05, 0) is 59.3 Å². The van der Waals surface area contributed by atoms with Crippen LogP contribution in [0.15, 0.2) is 0 Å². The van der Waals surface area contributed by atoms with Crippen molar-refractivity contribution in [1.82, 2.24) is 22.5 Å². The molecule has 15 heteroatoms. The third kappa shape index (κ3) is 11.6. The molecule has 0 aromatic carbocycles. The Hall–Kier alpha value is -0.740. The Morgan fingerprint density at radius 1 is 0.738 bits per heavy atom. The summed E-state index contributed by atoms with van der Waals surface area (Å²) in [7, 11) is -6.77. The molecular weight excluding hydrogens is 604 g/mol. The van der Waals surface area contributed by atoms with E-state index >= 15 is 0 Å². The summed E-state index contributed by atoms with van der Waals surface area (Å²) in [6, 6.07) is -0.568. The number of rotatable bonds is 7. The van der Waals surface area contributed by atoms with Crippen molar-refractivity contribution in [3.8, 4) is 0 Å². The van der Waals surface area contributed by atoms with Crippen molar-refractivity contribution in [3.05, 3.63) is 0 Å². The van der Waals surface area contributed by atoms with Crippen molar-refractivity contribution in [2.45, 2.75) is 120 Å². The van der Waals surface area contributed by atoms with Crippen LogP contribution in [0.25, 0.3) is 0 Å². The Balaban J connectivity index is 0.000000825. The second kappa shape index (κ2) is 15.0. The van der Waals surface area contributed by atoms with Crippen molar-refractivity contribution in [3.63, 3.8) is 0 Å². The summed E-state index contributed by atoms with van der Waals surface area (Å²) in [5.74, 6) is 0. The van der Waals surface area contributed by atoms with Gasteiger partial charge < -0.3 is 15.8 Å². The molecule has 12 nitrogen and oxygen atoms in total.